The molecule has 1 heterocycles. The number of para-hydroxylation sites is 1. The van der Waals surface area contributed by atoms with Crippen molar-refractivity contribution in [2.24, 2.45) is 0 Å². The molecule has 0 bridgehead atoms. The summed E-state index contributed by atoms with van der Waals surface area (Å²) in [6.07, 6.45) is -0.934. The first kappa shape index (κ1) is 20.6. The molecule has 0 aromatic heterocycles. The summed E-state index contributed by atoms with van der Waals surface area (Å²) in [6, 6.07) is 9.82. The second-order valence-corrected chi connectivity index (χ2v) is 8.25. The van der Waals surface area contributed by atoms with Gasteiger partial charge in [0.25, 0.3) is 5.91 Å². The van der Waals surface area contributed by atoms with E-state index in [0.717, 1.165) is 0 Å². The molecule has 28 heavy (non-hydrogen) atoms. The third-order valence-electron chi connectivity index (χ3n) is 4.20. The first-order valence-electron chi connectivity index (χ1n) is 8.34. The van der Waals surface area contributed by atoms with E-state index in [0.29, 0.717) is 10.7 Å². The third-order valence-corrected chi connectivity index (χ3v) is 6.02. The number of aliphatic hydroxyl groups is 1. The van der Waals surface area contributed by atoms with Gasteiger partial charge in [0.2, 0.25) is 10.0 Å². The van der Waals surface area contributed by atoms with E-state index in [2.05, 4.69) is 10.0 Å². The van der Waals surface area contributed by atoms with E-state index in [1.165, 1.54) is 25.3 Å². The Morgan fingerprint density at radius 3 is 2.64 bits per heavy atom. The largest absolute Gasteiger partial charge is 0.496 e. The molecule has 2 aromatic rings. The summed E-state index contributed by atoms with van der Waals surface area (Å²) in [5.41, 5.74) is 0.405. The molecule has 150 valence electrons. The molecule has 0 spiro atoms. The van der Waals surface area contributed by atoms with Crippen LogP contribution in [0.25, 0.3) is 0 Å². The van der Waals surface area contributed by atoms with E-state index in [-0.39, 0.29) is 29.4 Å². The number of benzene rings is 2. The van der Waals surface area contributed by atoms with Crippen molar-refractivity contribution in [3.05, 3.63) is 53.1 Å². The van der Waals surface area contributed by atoms with Crippen LogP contribution in [0.4, 0.5) is 5.69 Å². The van der Waals surface area contributed by atoms with Crippen molar-refractivity contribution in [1.82, 2.24) is 4.72 Å². The maximum Gasteiger partial charge on any atom is 0.259 e. The van der Waals surface area contributed by atoms with Crippen LogP contribution < -0.4 is 14.8 Å². The Hall–Kier alpha value is -2.17. The van der Waals surface area contributed by atoms with Crippen molar-refractivity contribution >= 4 is 33.2 Å². The Balaban J connectivity index is 1.89. The monoisotopic (exact) mass is 426 g/mol. The van der Waals surface area contributed by atoms with Gasteiger partial charge in [0.15, 0.2) is 0 Å². The summed E-state index contributed by atoms with van der Waals surface area (Å²) < 4.78 is 37.9. The van der Waals surface area contributed by atoms with Gasteiger partial charge in [0.05, 0.1) is 53.6 Å². The Bertz CT molecular complexity index is 982. The summed E-state index contributed by atoms with van der Waals surface area (Å²) in [6.45, 7) is 0.123. The minimum absolute atomic E-state index is 0.0218. The number of methoxy groups -OCH3 is 1. The van der Waals surface area contributed by atoms with Crippen LogP contribution in [-0.2, 0) is 14.8 Å². The first-order valence-corrected chi connectivity index (χ1v) is 10.2. The van der Waals surface area contributed by atoms with Crippen molar-refractivity contribution in [1.29, 1.82) is 0 Å². The minimum atomic E-state index is -3.99. The number of halogens is 1. The first-order chi connectivity index (χ1) is 13.3. The maximum absolute atomic E-state index is 12.7. The second kappa shape index (κ2) is 8.46. The highest BCUT2D eigenvalue weighted by Gasteiger charge is 2.31. The fourth-order valence-corrected chi connectivity index (χ4v) is 4.17. The number of hydrogen-bond donors (Lipinski definition) is 3. The number of rotatable bonds is 6. The van der Waals surface area contributed by atoms with Gasteiger partial charge in [-0.05, 0) is 30.3 Å². The summed E-state index contributed by atoms with van der Waals surface area (Å²) in [7, 11) is -2.62. The zero-order valence-corrected chi connectivity index (χ0v) is 16.5. The van der Waals surface area contributed by atoms with Crippen molar-refractivity contribution in [3.8, 4) is 5.75 Å². The van der Waals surface area contributed by atoms with Crippen LogP contribution >= 0.6 is 11.6 Å². The van der Waals surface area contributed by atoms with Gasteiger partial charge in [0.1, 0.15) is 5.75 Å². The van der Waals surface area contributed by atoms with Gasteiger partial charge in [-0.3, -0.25) is 4.79 Å². The molecule has 8 nitrogen and oxygen atoms in total. The normalized spacial score (nSPS) is 19.4. The number of nitrogens with one attached hydrogen (secondary N) is 2. The zero-order chi connectivity index (χ0) is 20.3. The smallest absolute Gasteiger partial charge is 0.259 e. The quantitative estimate of drug-likeness (QED) is 0.647. The van der Waals surface area contributed by atoms with E-state index in [4.69, 9.17) is 21.1 Å². The third kappa shape index (κ3) is 4.45. The van der Waals surface area contributed by atoms with Gasteiger partial charge < -0.3 is 19.9 Å². The van der Waals surface area contributed by atoms with E-state index >= 15 is 0 Å². The molecule has 2 unspecified atom stereocenters. The topological polar surface area (TPSA) is 114 Å². The molecule has 2 aromatic carbocycles. The molecule has 1 saturated heterocycles. The van der Waals surface area contributed by atoms with Crippen molar-refractivity contribution in [2.45, 2.75) is 17.0 Å². The molecule has 1 fully saturated rings. The summed E-state index contributed by atoms with van der Waals surface area (Å²) in [5, 5.41) is 12.7. The molecule has 10 heteroatoms. The zero-order valence-electron chi connectivity index (χ0n) is 14.9. The number of anilines is 1. The van der Waals surface area contributed by atoms with Crippen LogP contribution in [-0.4, -0.2) is 51.9 Å². The van der Waals surface area contributed by atoms with Crippen LogP contribution in [0.3, 0.4) is 0 Å². The fourth-order valence-electron chi connectivity index (χ4n) is 2.71. The summed E-state index contributed by atoms with van der Waals surface area (Å²) in [4.78, 5) is 12.6. The highest BCUT2D eigenvalue weighted by atomic mass is 35.5. The molecule has 1 aliphatic rings. The summed E-state index contributed by atoms with van der Waals surface area (Å²) >= 11 is 6.05. The van der Waals surface area contributed by atoms with Crippen LogP contribution in [0, 0.1) is 0 Å². The molecule has 3 N–H and O–H groups in total. The number of amides is 1. The number of aliphatic hydroxyl groups excluding tert-OH is 1. The van der Waals surface area contributed by atoms with Gasteiger partial charge >= 0.3 is 0 Å². The molecule has 0 aliphatic carbocycles. The van der Waals surface area contributed by atoms with Crippen LogP contribution in [0.1, 0.15) is 10.4 Å². The van der Waals surface area contributed by atoms with E-state index in [1.807, 2.05) is 0 Å². The molecular formula is C18H19ClN2O6S. The summed E-state index contributed by atoms with van der Waals surface area (Å²) in [5.74, 6) is -0.376. The van der Waals surface area contributed by atoms with Gasteiger partial charge in [-0.15, -0.1) is 0 Å². The fraction of sp³-hybridized carbons (Fsp3) is 0.278. The standard InChI is InChI=1S/C18H19ClN2O6S/c1-26-17-7-6-11(28(24,25)21-15-9-27-10-16(15)22)8-12(17)18(23)20-14-5-3-2-4-13(14)19/h2-8,15-16,21-22H,9-10H2,1H3,(H,20,23). The number of sulfonamides is 1. The van der Waals surface area contributed by atoms with Crippen molar-refractivity contribution in [2.75, 3.05) is 25.6 Å². The molecule has 1 amide bonds. The molecule has 2 atom stereocenters. The molecule has 0 radical (unpaired) electrons. The predicted molar refractivity (Wildman–Crippen MR) is 103 cm³/mol. The average Bonchev–Trinajstić information content (AvgIpc) is 3.07. The Labute approximate surface area is 167 Å². The van der Waals surface area contributed by atoms with E-state index < -0.39 is 28.1 Å². The minimum Gasteiger partial charge on any atom is -0.496 e. The number of carbonyl (C=O) groups excluding carboxylic acids is 1. The molecular weight excluding hydrogens is 408 g/mol. The number of ether oxygens (including phenoxy) is 2. The van der Waals surface area contributed by atoms with Crippen LogP contribution in [0.2, 0.25) is 5.02 Å². The molecule has 3 rings (SSSR count). The second-order valence-electron chi connectivity index (χ2n) is 6.13. The highest BCUT2D eigenvalue weighted by Crippen LogP contribution is 2.26. The van der Waals surface area contributed by atoms with Crippen molar-refractivity contribution < 1.29 is 27.8 Å². The molecule has 1 aliphatic heterocycles. The Kier molecular flexibility index (Phi) is 6.21. The van der Waals surface area contributed by atoms with Crippen LogP contribution in [0.5, 0.6) is 5.75 Å². The lowest BCUT2D eigenvalue weighted by molar-refractivity contribution is 0.102. The van der Waals surface area contributed by atoms with Gasteiger partial charge in [-0.1, -0.05) is 23.7 Å². The SMILES string of the molecule is COc1ccc(S(=O)(=O)NC2COCC2O)cc1C(=O)Nc1ccccc1Cl. The maximum atomic E-state index is 12.7. The van der Waals surface area contributed by atoms with Gasteiger partial charge in [-0.25, -0.2) is 13.1 Å². The highest BCUT2D eigenvalue weighted by molar-refractivity contribution is 7.89. The Morgan fingerprint density at radius 2 is 2.00 bits per heavy atom. The van der Waals surface area contributed by atoms with Gasteiger partial charge in [-0.2, -0.15) is 0 Å². The van der Waals surface area contributed by atoms with Crippen molar-refractivity contribution in [3.63, 3.8) is 0 Å². The number of carbonyl (C=O) groups is 1. The number of hydrogen-bond acceptors (Lipinski definition) is 6. The molecule has 0 saturated carbocycles. The lowest BCUT2D eigenvalue weighted by Gasteiger charge is -2.16. The van der Waals surface area contributed by atoms with Crippen LogP contribution in [0.15, 0.2) is 47.4 Å². The average molecular weight is 427 g/mol. The van der Waals surface area contributed by atoms with E-state index in [9.17, 15) is 18.3 Å². The van der Waals surface area contributed by atoms with Gasteiger partial charge in [0, 0.05) is 0 Å². The lowest BCUT2D eigenvalue weighted by Crippen LogP contribution is -2.42. The Morgan fingerprint density at radius 1 is 1.25 bits per heavy atom. The predicted octanol–water partition coefficient (Wildman–Crippen LogP) is 1.64. The lowest BCUT2D eigenvalue weighted by atomic mass is 10.2. The van der Waals surface area contributed by atoms with E-state index in [1.54, 1.807) is 24.3 Å².